The van der Waals surface area contributed by atoms with Crippen molar-refractivity contribution in [2.45, 2.75) is 45.6 Å². The quantitative estimate of drug-likeness (QED) is 0.851. The zero-order chi connectivity index (χ0) is 15.4. The van der Waals surface area contributed by atoms with Gasteiger partial charge >= 0.3 is 0 Å². The molecule has 5 heteroatoms. The molecule has 1 aromatic rings. The third-order valence-corrected chi connectivity index (χ3v) is 4.13. The highest BCUT2D eigenvalue weighted by Crippen LogP contribution is 2.22. The summed E-state index contributed by atoms with van der Waals surface area (Å²) in [5.41, 5.74) is 1.43. The van der Waals surface area contributed by atoms with Crippen LogP contribution >= 0.6 is 0 Å². The molecule has 1 saturated heterocycles. The first-order valence-electron chi connectivity index (χ1n) is 7.75. The molecule has 0 unspecified atom stereocenters. The third kappa shape index (κ3) is 4.00. The number of aryl methyl sites for hydroxylation is 2. The zero-order valence-corrected chi connectivity index (χ0v) is 13.6. The van der Waals surface area contributed by atoms with Gasteiger partial charge < -0.3 is 9.80 Å². The fraction of sp³-hybridized carbons (Fsp3) is 0.688. The number of hydrogen-bond donors (Lipinski definition) is 0. The Kier molecular flexibility index (Phi) is 5.28. The standard InChI is InChI=1S/C16H26N4O/c1-12-15(11-17-13(2)18-12)16(21)20-9-6-5-7-14(20)8-10-19(3)4/h11,14H,5-10H2,1-4H3/t14-/m0/s1. The lowest BCUT2D eigenvalue weighted by molar-refractivity contribution is 0.0589. The number of piperidine rings is 1. The van der Waals surface area contributed by atoms with E-state index in [2.05, 4.69) is 29.0 Å². The molecule has 1 amide bonds. The molecule has 0 radical (unpaired) electrons. The molecule has 0 aliphatic carbocycles. The largest absolute Gasteiger partial charge is 0.336 e. The Labute approximate surface area is 127 Å². The van der Waals surface area contributed by atoms with Crippen LogP contribution in [0.1, 0.15) is 47.6 Å². The number of nitrogens with zero attached hydrogens (tertiary/aromatic N) is 4. The minimum atomic E-state index is 0.0935. The van der Waals surface area contributed by atoms with Crippen molar-refractivity contribution in [1.29, 1.82) is 0 Å². The number of aromatic nitrogens is 2. The molecule has 21 heavy (non-hydrogen) atoms. The van der Waals surface area contributed by atoms with Crippen molar-refractivity contribution >= 4 is 5.91 Å². The lowest BCUT2D eigenvalue weighted by Crippen LogP contribution is -2.45. The van der Waals surface area contributed by atoms with Gasteiger partial charge in [0, 0.05) is 18.8 Å². The first-order chi connectivity index (χ1) is 9.99. The van der Waals surface area contributed by atoms with Crippen LogP contribution in [0, 0.1) is 13.8 Å². The van der Waals surface area contributed by atoms with Gasteiger partial charge in [-0.2, -0.15) is 0 Å². The van der Waals surface area contributed by atoms with E-state index in [1.165, 1.54) is 6.42 Å². The molecule has 1 atom stereocenters. The van der Waals surface area contributed by atoms with E-state index < -0.39 is 0 Å². The lowest BCUT2D eigenvalue weighted by atomic mass is 9.98. The summed E-state index contributed by atoms with van der Waals surface area (Å²) in [6, 6.07) is 0.342. The minimum absolute atomic E-state index is 0.0935. The van der Waals surface area contributed by atoms with Gasteiger partial charge in [-0.1, -0.05) is 0 Å². The van der Waals surface area contributed by atoms with Gasteiger partial charge in [0.05, 0.1) is 11.3 Å². The molecule has 116 valence electrons. The Morgan fingerprint density at radius 3 is 2.81 bits per heavy atom. The molecule has 2 heterocycles. The molecule has 2 rings (SSSR count). The molecule has 1 fully saturated rings. The van der Waals surface area contributed by atoms with Gasteiger partial charge in [-0.15, -0.1) is 0 Å². The predicted octanol–water partition coefficient (Wildman–Crippen LogP) is 2.04. The van der Waals surface area contributed by atoms with E-state index in [0.717, 1.165) is 38.0 Å². The smallest absolute Gasteiger partial charge is 0.257 e. The fourth-order valence-corrected chi connectivity index (χ4v) is 2.92. The van der Waals surface area contributed by atoms with Gasteiger partial charge in [0.25, 0.3) is 5.91 Å². The molecule has 0 aromatic carbocycles. The van der Waals surface area contributed by atoms with E-state index in [1.807, 2.05) is 18.7 Å². The molecule has 1 aromatic heterocycles. The zero-order valence-electron chi connectivity index (χ0n) is 13.6. The van der Waals surface area contributed by atoms with Crippen molar-refractivity contribution in [2.75, 3.05) is 27.2 Å². The van der Waals surface area contributed by atoms with Gasteiger partial charge in [0.15, 0.2) is 0 Å². The summed E-state index contributed by atoms with van der Waals surface area (Å²) >= 11 is 0. The van der Waals surface area contributed by atoms with Crippen molar-refractivity contribution in [2.24, 2.45) is 0 Å². The van der Waals surface area contributed by atoms with E-state index >= 15 is 0 Å². The molecule has 0 bridgehead atoms. The number of amides is 1. The van der Waals surface area contributed by atoms with Crippen LogP contribution in [-0.2, 0) is 0 Å². The molecule has 0 N–H and O–H groups in total. The Morgan fingerprint density at radius 2 is 2.14 bits per heavy atom. The maximum Gasteiger partial charge on any atom is 0.257 e. The van der Waals surface area contributed by atoms with Crippen molar-refractivity contribution in [1.82, 2.24) is 19.8 Å². The number of carbonyl (C=O) groups excluding carboxylic acids is 1. The van der Waals surface area contributed by atoms with Crippen LogP contribution < -0.4 is 0 Å². The average molecular weight is 290 g/mol. The van der Waals surface area contributed by atoms with E-state index in [0.29, 0.717) is 17.4 Å². The van der Waals surface area contributed by atoms with Crippen LogP contribution in [0.3, 0.4) is 0 Å². The number of likely N-dealkylation sites (tertiary alicyclic amines) is 1. The summed E-state index contributed by atoms with van der Waals surface area (Å²) < 4.78 is 0. The fourth-order valence-electron chi connectivity index (χ4n) is 2.92. The number of hydrogen-bond acceptors (Lipinski definition) is 4. The highest BCUT2D eigenvalue weighted by Gasteiger charge is 2.28. The average Bonchev–Trinajstić information content (AvgIpc) is 2.45. The van der Waals surface area contributed by atoms with Crippen LogP contribution in [-0.4, -0.2) is 58.9 Å². The second-order valence-corrected chi connectivity index (χ2v) is 6.16. The Bertz CT molecular complexity index is 501. The highest BCUT2D eigenvalue weighted by atomic mass is 16.2. The van der Waals surface area contributed by atoms with Crippen LogP contribution in [0.2, 0.25) is 0 Å². The summed E-state index contributed by atoms with van der Waals surface area (Å²) in [6.45, 7) is 5.60. The van der Waals surface area contributed by atoms with Crippen LogP contribution in [0.5, 0.6) is 0 Å². The lowest BCUT2D eigenvalue weighted by Gasteiger charge is -2.36. The normalized spacial score (nSPS) is 19.1. The molecule has 5 nitrogen and oxygen atoms in total. The maximum atomic E-state index is 12.8. The highest BCUT2D eigenvalue weighted by molar-refractivity contribution is 5.95. The van der Waals surface area contributed by atoms with Gasteiger partial charge in [0.1, 0.15) is 5.82 Å². The molecule has 0 spiro atoms. The van der Waals surface area contributed by atoms with Gasteiger partial charge in [-0.05, 0) is 60.2 Å². The summed E-state index contributed by atoms with van der Waals surface area (Å²) in [5.74, 6) is 0.808. The van der Waals surface area contributed by atoms with Crippen molar-refractivity contribution in [3.63, 3.8) is 0 Å². The predicted molar refractivity (Wildman–Crippen MR) is 83.4 cm³/mol. The van der Waals surface area contributed by atoms with Gasteiger partial charge in [0.2, 0.25) is 0 Å². The van der Waals surface area contributed by atoms with Crippen molar-refractivity contribution < 1.29 is 4.79 Å². The second-order valence-electron chi connectivity index (χ2n) is 6.16. The summed E-state index contributed by atoms with van der Waals surface area (Å²) in [4.78, 5) is 25.5. The van der Waals surface area contributed by atoms with Crippen LogP contribution in [0.25, 0.3) is 0 Å². The molecule has 1 aliphatic rings. The van der Waals surface area contributed by atoms with Gasteiger partial charge in [-0.3, -0.25) is 4.79 Å². The number of rotatable bonds is 4. The molecule has 1 aliphatic heterocycles. The Balaban J connectivity index is 2.14. The molecular formula is C16H26N4O. The Hall–Kier alpha value is -1.49. The third-order valence-electron chi connectivity index (χ3n) is 4.13. The number of carbonyl (C=O) groups is 1. The van der Waals surface area contributed by atoms with Crippen LogP contribution in [0.4, 0.5) is 0 Å². The van der Waals surface area contributed by atoms with E-state index in [1.54, 1.807) is 6.20 Å². The second kappa shape index (κ2) is 6.98. The first kappa shape index (κ1) is 15.9. The van der Waals surface area contributed by atoms with E-state index in [4.69, 9.17) is 0 Å². The monoisotopic (exact) mass is 290 g/mol. The Morgan fingerprint density at radius 1 is 1.38 bits per heavy atom. The summed E-state index contributed by atoms with van der Waals surface area (Å²) in [5, 5.41) is 0. The first-order valence-corrected chi connectivity index (χ1v) is 7.75. The maximum absolute atomic E-state index is 12.8. The topological polar surface area (TPSA) is 49.3 Å². The van der Waals surface area contributed by atoms with Crippen LogP contribution in [0.15, 0.2) is 6.20 Å². The molecular weight excluding hydrogens is 264 g/mol. The molecule has 0 saturated carbocycles. The van der Waals surface area contributed by atoms with Gasteiger partial charge in [-0.25, -0.2) is 9.97 Å². The summed E-state index contributed by atoms with van der Waals surface area (Å²) in [6.07, 6.45) is 6.12. The summed E-state index contributed by atoms with van der Waals surface area (Å²) in [7, 11) is 4.15. The minimum Gasteiger partial charge on any atom is -0.336 e. The van der Waals surface area contributed by atoms with Crippen molar-refractivity contribution in [3.05, 3.63) is 23.3 Å². The SMILES string of the molecule is Cc1ncc(C(=O)N2CCCC[C@H]2CCN(C)C)c(C)n1. The van der Waals surface area contributed by atoms with E-state index in [-0.39, 0.29) is 5.91 Å². The van der Waals surface area contributed by atoms with Crippen molar-refractivity contribution in [3.8, 4) is 0 Å². The van der Waals surface area contributed by atoms with E-state index in [9.17, 15) is 4.79 Å².